The lowest BCUT2D eigenvalue weighted by atomic mass is 10.1. The van der Waals surface area contributed by atoms with E-state index in [2.05, 4.69) is 4.90 Å². The van der Waals surface area contributed by atoms with Gasteiger partial charge in [-0.3, -0.25) is 4.90 Å². The average molecular weight is 256 g/mol. The first-order valence-corrected chi connectivity index (χ1v) is 7.30. The van der Waals surface area contributed by atoms with E-state index in [0.717, 1.165) is 26.1 Å². The van der Waals surface area contributed by atoms with Crippen molar-refractivity contribution < 1.29 is 4.74 Å². The molecule has 1 saturated heterocycles. The van der Waals surface area contributed by atoms with Gasteiger partial charge in [0.05, 0.1) is 11.1 Å². The highest BCUT2D eigenvalue weighted by Gasteiger charge is 2.24. The van der Waals surface area contributed by atoms with E-state index in [-0.39, 0.29) is 0 Å². The van der Waals surface area contributed by atoms with Gasteiger partial charge >= 0.3 is 0 Å². The second-order valence-corrected chi connectivity index (χ2v) is 5.82. The second kappa shape index (κ2) is 6.66. The van der Waals surface area contributed by atoms with Crippen LogP contribution in [-0.4, -0.2) is 41.7 Å². The van der Waals surface area contributed by atoms with Crippen LogP contribution in [0.2, 0.25) is 0 Å². The molecule has 1 atom stereocenters. The van der Waals surface area contributed by atoms with Crippen LogP contribution in [0.1, 0.15) is 44.9 Å². The van der Waals surface area contributed by atoms with Gasteiger partial charge in [0.15, 0.2) is 0 Å². The van der Waals surface area contributed by atoms with Crippen molar-refractivity contribution >= 4 is 17.2 Å². The minimum atomic E-state index is 0.477. The first kappa shape index (κ1) is 13.2. The molecule has 1 aliphatic heterocycles. The zero-order valence-electron chi connectivity index (χ0n) is 10.6. The number of ether oxygens (including phenoxy) is 1. The maximum atomic E-state index is 5.70. The lowest BCUT2D eigenvalue weighted by molar-refractivity contribution is 0.0880. The van der Waals surface area contributed by atoms with E-state index in [1.165, 1.54) is 38.5 Å². The van der Waals surface area contributed by atoms with Gasteiger partial charge in [0, 0.05) is 25.7 Å². The second-order valence-electron chi connectivity index (χ2n) is 5.30. The molecule has 98 valence electrons. The molecule has 2 aliphatic rings. The Kier molecular flexibility index (Phi) is 5.19. The minimum Gasteiger partial charge on any atom is -0.392 e. The number of rotatable bonds is 6. The van der Waals surface area contributed by atoms with E-state index in [1.54, 1.807) is 0 Å². The largest absolute Gasteiger partial charge is 0.392 e. The smallest absolute Gasteiger partial charge is 0.0870 e. The molecule has 0 radical (unpaired) electrons. The van der Waals surface area contributed by atoms with Crippen molar-refractivity contribution in [1.29, 1.82) is 0 Å². The molecule has 17 heavy (non-hydrogen) atoms. The summed E-state index contributed by atoms with van der Waals surface area (Å²) in [6, 6.07) is 0.706. The van der Waals surface area contributed by atoms with Crippen molar-refractivity contribution in [3.05, 3.63) is 0 Å². The van der Waals surface area contributed by atoms with Gasteiger partial charge in [0.1, 0.15) is 0 Å². The highest BCUT2D eigenvalue weighted by atomic mass is 32.1. The van der Waals surface area contributed by atoms with Gasteiger partial charge in [0.2, 0.25) is 0 Å². The van der Waals surface area contributed by atoms with Crippen LogP contribution in [0.25, 0.3) is 0 Å². The summed E-state index contributed by atoms with van der Waals surface area (Å²) in [5.74, 6) is 0. The highest BCUT2D eigenvalue weighted by Crippen LogP contribution is 2.24. The normalized spacial score (nSPS) is 25.8. The topological polar surface area (TPSA) is 38.5 Å². The van der Waals surface area contributed by atoms with Crippen LogP contribution in [-0.2, 0) is 4.74 Å². The van der Waals surface area contributed by atoms with Gasteiger partial charge in [-0.1, -0.05) is 25.1 Å². The Morgan fingerprint density at radius 2 is 2.00 bits per heavy atom. The third-order valence-corrected chi connectivity index (χ3v) is 4.09. The summed E-state index contributed by atoms with van der Waals surface area (Å²) in [4.78, 5) is 3.11. The third kappa shape index (κ3) is 4.19. The van der Waals surface area contributed by atoms with E-state index in [1.807, 2.05) is 0 Å². The Hall–Kier alpha value is -0.190. The van der Waals surface area contributed by atoms with Crippen LogP contribution in [0.4, 0.5) is 0 Å². The van der Waals surface area contributed by atoms with E-state index < -0.39 is 0 Å². The summed E-state index contributed by atoms with van der Waals surface area (Å²) in [7, 11) is 0. The molecule has 2 N–H and O–H groups in total. The van der Waals surface area contributed by atoms with Crippen LogP contribution in [0.5, 0.6) is 0 Å². The maximum Gasteiger partial charge on any atom is 0.0870 e. The highest BCUT2D eigenvalue weighted by molar-refractivity contribution is 7.80. The molecule has 0 aromatic heterocycles. The zero-order valence-corrected chi connectivity index (χ0v) is 11.4. The molecule has 0 spiro atoms. The van der Waals surface area contributed by atoms with E-state index in [4.69, 9.17) is 22.7 Å². The van der Waals surface area contributed by atoms with Crippen molar-refractivity contribution in [1.82, 2.24) is 4.90 Å². The Morgan fingerprint density at radius 1 is 1.24 bits per heavy atom. The van der Waals surface area contributed by atoms with Crippen molar-refractivity contribution in [3.63, 3.8) is 0 Å². The first-order valence-electron chi connectivity index (χ1n) is 6.89. The van der Waals surface area contributed by atoms with E-state index in [9.17, 15) is 0 Å². The van der Waals surface area contributed by atoms with Crippen molar-refractivity contribution in [2.45, 2.75) is 57.1 Å². The molecule has 1 heterocycles. The molecule has 2 rings (SSSR count). The number of thiocarbonyl (C=S) groups is 1. The molecule has 3 nitrogen and oxygen atoms in total. The lowest BCUT2D eigenvalue weighted by Gasteiger charge is -2.29. The molecule has 2 fully saturated rings. The molecule has 0 aromatic carbocycles. The summed E-state index contributed by atoms with van der Waals surface area (Å²) < 4.78 is 5.68. The Labute approximate surface area is 110 Å². The fourth-order valence-electron chi connectivity index (χ4n) is 3.04. The predicted octanol–water partition coefficient (Wildman–Crippen LogP) is 2.09. The minimum absolute atomic E-state index is 0.477. The number of nitrogens with zero attached hydrogens (tertiary/aromatic N) is 1. The molecule has 0 amide bonds. The molecule has 1 aliphatic carbocycles. The van der Waals surface area contributed by atoms with Gasteiger partial charge in [-0.2, -0.15) is 0 Å². The Bertz CT molecular complexity index is 248. The first-order chi connectivity index (χ1) is 8.25. The van der Waals surface area contributed by atoms with Crippen LogP contribution >= 0.6 is 12.2 Å². The summed E-state index contributed by atoms with van der Waals surface area (Å²) >= 11 is 5.06. The average Bonchev–Trinajstić information content (AvgIpc) is 2.96. The van der Waals surface area contributed by atoms with Crippen LogP contribution in [0.15, 0.2) is 0 Å². The summed E-state index contributed by atoms with van der Waals surface area (Å²) in [6.45, 7) is 2.82. The standard InChI is InChI=1S/C13H24N2OS/c14-13(17)10-15(11-4-1-2-5-11)8-7-12-6-3-9-16-12/h11-12H,1-10H2,(H2,14,17). The molecule has 0 aromatic rings. The predicted molar refractivity (Wildman–Crippen MR) is 74.2 cm³/mol. The summed E-state index contributed by atoms with van der Waals surface area (Å²) in [5, 5.41) is 0. The van der Waals surface area contributed by atoms with Crippen molar-refractivity contribution in [2.24, 2.45) is 5.73 Å². The van der Waals surface area contributed by atoms with Gasteiger partial charge in [-0.05, 0) is 32.1 Å². The van der Waals surface area contributed by atoms with Crippen molar-refractivity contribution in [3.8, 4) is 0 Å². The SMILES string of the molecule is NC(=S)CN(CCC1CCCO1)C1CCCC1. The van der Waals surface area contributed by atoms with Crippen LogP contribution < -0.4 is 5.73 Å². The Balaban J connectivity index is 1.78. The van der Waals surface area contributed by atoms with Crippen LogP contribution in [0.3, 0.4) is 0 Å². The fourth-order valence-corrected chi connectivity index (χ4v) is 3.21. The van der Waals surface area contributed by atoms with E-state index in [0.29, 0.717) is 17.1 Å². The molecular weight excluding hydrogens is 232 g/mol. The van der Waals surface area contributed by atoms with Crippen LogP contribution in [0, 0.1) is 0 Å². The van der Waals surface area contributed by atoms with Gasteiger partial charge < -0.3 is 10.5 Å². The number of hydrogen-bond acceptors (Lipinski definition) is 3. The summed E-state index contributed by atoms with van der Waals surface area (Å²) in [6.07, 6.45) is 9.41. The third-order valence-electron chi connectivity index (χ3n) is 3.96. The Morgan fingerprint density at radius 3 is 2.59 bits per heavy atom. The number of nitrogens with two attached hydrogens (primary N) is 1. The maximum absolute atomic E-state index is 5.70. The molecular formula is C13H24N2OS. The molecule has 4 heteroatoms. The van der Waals surface area contributed by atoms with E-state index >= 15 is 0 Å². The van der Waals surface area contributed by atoms with Crippen molar-refractivity contribution in [2.75, 3.05) is 19.7 Å². The fraction of sp³-hybridized carbons (Fsp3) is 0.923. The van der Waals surface area contributed by atoms with Gasteiger partial charge in [-0.15, -0.1) is 0 Å². The molecule has 0 bridgehead atoms. The molecule has 1 saturated carbocycles. The number of hydrogen-bond donors (Lipinski definition) is 1. The molecule has 1 unspecified atom stereocenters. The summed E-state index contributed by atoms with van der Waals surface area (Å²) in [5.41, 5.74) is 5.70. The lowest BCUT2D eigenvalue weighted by Crippen LogP contribution is -2.40. The van der Waals surface area contributed by atoms with Gasteiger partial charge in [0.25, 0.3) is 0 Å². The zero-order chi connectivity index (χ0) is 12.1. The monoisotopic (exact) mass is 256 g/mol. The quantitative estimate of drug-likeness (QED) is 0.739. The van der Waals surface area contributed by atoms with Gasteiger partial charge in [-0.25, -0.2) is 0 Å².